The van der Waals surface area contributed by atoms with Crippen molar-refractivity contribution in [3.63, 3.8) is 0 Å². The molecule has 1 N–H and O–H groups in total. The van der Waals surface area contributed by atoms with E-state index in [0.717, 1.165) is 12.8 Å². The third-order valence-corrected chi connectivity index (χ3v) is 5.39. The first kappa shape index (κ1) is 17.4. The van der Waals surface area contributed by atoms with Crippen LogP contribution in [0.1, 0.15) is 50.6 Å². The van der Waals surface area contributed by atoms with Crippen molar-refractivity contribution in [2.24, 2.45) is 0 Å². The van der Waals surface area contributed by atoms with Crippen molar-refractivity contribution >= 4 is 23.4 Å². The molecule has 7 nitrogen and oxygen atoms in total. The van der Waals surface area contributed by atoms with E-state index < -0.39 is 0 Å². The van der Waals surface area contributed by atoms with Crippen molar-refractivity contribution in [2.45, 2.75) is 55.5 Å². The summed E-state index contributed by atoms with van der Waals surface area (Å²) in [7, 11) is 0. The highest BCUT2D eigenvalue weighted by Gasteiger charge is 2.24. The number of carbonyl (C=O) groups excluding carboxylic acids is 1. The Morgan fingerprint density at radius 2 is 2.12 bits per heavy atom. The average Bonchev–Trinajstić information content (AvgIpc) is 3.11. The third kappa shape index (κ3) is 4.17. The molecule has 0 spiro atoms. The molecule has 0 radical (unpaired) electrons. The average molecular weight is 356 g/mol. The first-order valence-electron chi connectivity index (χ1n) is 8.43. The predicted octanol–water partition coefficient (Wildman–Crippen LogP) is 3.17. The first-order chi connectivity index (χ1) is 12.2. The zero-order chi connectivity index (χ0) is 17.6. The number of anilines is 1. The van der Waals surface area contributed by atoms with E-state index in [2.05, 4.69) is 26.9 Å². The van der Waals surface area contributed by atoms with Gasteiger partial charge in [-0.05, 0) is 42.3 Å². The number of tetrazole rings is 1. The van der Waals surface area contributed by atoms with Crippen LogP contribution in [0.4, 0.5) is 5.69 Å². The number of nitriles is 1. The molecule has 1 aromatic carbocycles. The highest BCUT2D eigenvalue weighted by Crippen LogP contribution is 2.31. The number of carbonyl (C=O) groups is 1. The van der Waals surface area contributed by atoms with E-state index in [4.69, 9.17) is 5.26 Å². The van der Waals surface area contributed by atoms with E-state index in [1.165, 1.54) is 31.0 Å². The monoisotopic (exact) mass is 356 g/mol. The van der Waals surface area contributed by atoms with Gasteiger partial charge in [0.15, 0.2) is 0 Å². The standard InChI is InChI=1S/C17H20N6OS/c1-12(16(24)19-15-10-6-5-7-13(15)11-18)25-17-20-21-22-23(17)14-8-3-2-4-9-14/h5-7,10,12,14H,2-4,8-9H2,1H3,(H,19,24). The molecule has 1 atom stereocenters. The van der Waals surface area contributed by atoms with Crippen LogP contribution in [0.5, 0.6) is 0 Å². The van der Waals surface area contributed by atoms with E-state index in [1.54, 1.807) is 24.3 Å². The molecule has 3 rings (SSSR count). The summed E-state index contributed by atoms with van der Waals surface area (Å²) in [5.41, 5.74) is 0.967. The molecule has 1 aliphatic carbocycles. The summed E-state index contributed by atoms with van der Waals surface area (Å²) in [6, 6.07) is 9.36. The van der Waals surface area contributed by atoms with E-state index in [-0.39, 0.29) is 11.2 Å². The quantitative estimate of drug-likeness (QED) is 0.827. The summed E-state index contributed by atoms with van der Waals surface area (Å²) in [5, 5.41) is 24.2. The predicted molar refractivity (Wildman–Crippen MR) is 95.0 cm³/mol. The minimum atomic E-state index is -0.375. The maximum Gasteiger partial charge on any atom is 0.237 e. The number of hydrogen-bond acceptors (Lipinski definition) is 6. The number of amides is 1. The molecular formula is C17H20N6OS. The lowest BCUT2D eigenvalue weighted by atomic mass is 9.96. The van der Waals surface area contributed by atoms with Gasteiger partial charge in [-0.1, -0.05) is 43.2 Å². The van der Waals surface area contributed by atoms with Gasteiger partial charge >= 0.3 is 0 Å². The van der Waals surface area contributed by atoms with Crippen LogP contribution in [0.15, 0.2) is 29.4 Å². The van der Waals surface area contributed by atoms with Crippen molar-refractivity contribution in [3.8, 4) is 6.07 Å². The van der Waals surface area contributed by atoms with Crippen LogP contribution in [0, 0.1) is 11.3 Å². The lowest BCUT2D eigenvalue weighted by Gasteiger charge is -2.22. The molecule has 0 aliphatic heterocycles. The second-order valence-electron chi connectivity index (χ2n) is 6.10. The fraction of sp³-hybridized carbons (Fsp3) is 0.471. The Balaban J connectivity index is 1.66. The highest BCUT2D eigenvalue weighted by molar-refractivity contribution is 8.00. The number of para-hydroxylation sites is 1. The van der Waals surface area contributed by atoms with E-state index in [9.17, 15) is 4.79 Å². The zero-order valence-electron chi connectivity index (χ0n) is 14.1. The molecule has 0 bridgehead atoms. The molecule has 8 heteroatoms. The van der Waals surface area contributed by atoms with Crippen LogP contribution in [0.25, 0.3) is 0 Å². The van der Waals surface area contributed by atoms with E-state index >= 15 is 0 Å². The van der Waals surface area contributed by atoms with Crippen LogP contribution < -0.4 is 5.32 Å². The first-order valence-corrected chi connectivity index (χ1v) is 9.31. The van der Waals surface area contributed by atoms with Gasteiger partial charge in [0.25, 0.3) is 0 Å². The van der Waals surface area contributed by atoms with Crippen molar-refractivity contribution in [1.82, 2.24) is 20.2 Å². The van der Waals surface area contributed by atoms with Gasteiger partial charge in [-0.2, -0.15) is 5.26 Å². The topological polar surface area (TPSA) is 96.5 Å². The summed E-state index contributed by atoms with van der Waals surface area (Å²) in [6.07, 6.45) is 5.80. The Labute approximate surface area is 150 Å². The van der Waals surface area contributed by atoms with Crippen LogP contribution in [0.2, 0.25) is 0 Å². The number of benzene rings is 1. The fourth-order valence-corrected chi connectivity index (χ4v) is 3.81. The zero-order valence-corrected chi connectivity index (χ0v) is 14.9. The van der Waals surface area contributed by atoms with Gasteiger partial charge in [0.1, 0.15) is 6.07 Å². The minimum Gasteiger partial charge on any atom is -0.324 e. The smallest absolute Gasteiger partial charge is 0.237 e. The Morgan fingerprint density at radius 3 is 2.88 bits per heavy atom. The molecule has 1 fully saturated rings. The summed E-state index contributed by atoms with van der Waals surface area (Å²) in [6.45, 7) is 1.81. The fourth-order valence-electron chi connectivity index (χ4n) is 2.95. The van der Waals surface area contributed by atoms with Gasteiger partial charge in [-0.3, -0.25) is 4.79 Å². The molecule has 25 heavy (non-hydrogen) atoms. The van der Waals surface area contributed by atoms with Crippen LogP contribution in [-0.4, -0.2) is 31.4 Å². The summed E-state index contributed by atoms with van der Waals surface area (Å²) >= 11 is 1.34. The van der Waals surface area contributed by atoms with Crippen molar-refractivity contribution in [3.05, 3.63) is 29.8 Å². The molecule has 1 aromatic heterocycles. The van der Waals surface area contributed by atoms with Gasteiger partial charge < -0.3 is 5.32 Å². The largest absolute Gasteiger partial charge is 0.324 e. The normalized spacial score (nSPS) is 16.2. The molecule has 130 valence electrons. The van der Waals surface area contributed by atoms with Crippen molar-refractivity contribution in [1.29, 1.82) is 5.26 Å². The summed E-state index contributed by atoms with van der Waals surface area (Å²) in [5.74, 6) is -0.175. The van der Waals surface area contributed by atoms with Gasteiger partial charge in [-0.15, -0.1) is 5.10 Å². The lowest BCUT2D eigenvalue weighted by molar-refractivity contribution is -0.115. The third-order valence-electron chi connectivity index (χ3n) is 4.34. The van der Waals surface area contributed by atoms with Crippen LogP contribution in [0.3, 0.4) is 0 Å². The molecule has 2 aromatic rings. The number of thioether (sulfide) groups is 1. The SMILES string of the molecule is CC(Sc1nnnn1C1CCCCC1)C(=O)Nc1ccccc1C#N. The van der Waals surface area contributed by atoms with Crippen molar-refractivity contribution < 1.29 is 4.79 Å². The van der Waals surface area contributed by atoms with E-state index in [0.29, 0.717) is 22.4 Å². The number of nitrogens with one attached hydrogen (secondary N) is 1. The second kappa shape index (κ2) is 8.12. The van der Waals surface area contributed by atoms with Gasteiger partial charge in [0.2, 0.25) is 11.1 Å². The molecular weight excluding hydrogens is 336 g/mol. The maximum absolute atomic E-state index is 12.5. The minimum absolute atomic E-state index is 0.175. The van der Waals surface area contributed by atoms with E-state index in [1.807, 2.05) is 11.6 Å². The highest BCUT2D eigenvalue weighted by atomic mass is 32.2. The summed E-state index contributed by atoms with van der Waals surface area (Å²) < 4.78 is 1.86. The number of aromatic nitrogens is 4. The van der Waals surface area contributed by atoms with Crippen LogP contribution in [-0.2, 0) is 4.79 Å². The van der Waals surface area contributed by atoms with Gasteiger partial charge in [0, 0.05) is 0 Å². The number of hydrogen-bond donors (Lipinski definition) is 1. The maximum atomic E-state index is 12.5. The molecule has 1 heterocycles. The lowest BCUT2D eigenvalue weighted by Crippen LogP contribution is -2.24. The Kier molecular flexibility index (Phi) is 5.66. The molecule has 1 amide bonds. The number of nitrogens with zero attached hydrogens (tertiary/aromatic N) is 5. The van der Waals surface area contributed by atoms with Gasteiger partial charge in [0.05, 0.1) is 22.5 Å². The molecule has 1 aliphatic rings. The molecule has 1 saturated carbocycles. The Morgan fingerprint density at radius 1 is 1.36 bits per heavy atom. The Bertz CT molecular complexity index is 777. The second-order valence-corrected chi connectivity index (χ2v) is 7.41. The van der Waals surface area contributed by atoms with Crippen molar-refractivity contribution in [2.75, 3.05) is 5.32 Å². The Hall–Kier alpha value is -2.40. The molecule has 0 saturated heterocycles. The molecule has 1 unspecified atom stereocenters. The van der Waals surface area contributed by atoms with Crippen LogP contribution >= 0.6 is 11.8 Å². The van der Waals surface area contributed by atoms with Gasteiger partial charge in [-0.25, -0.2) is 4.68 Å². The number of rotatable bonds is 5. The summed E-state index contributed by atoms with van der Waals surface area (Å²) in [4.78, 5) is 12.5.